The lowest BCUT2D eigenvalue weighted by Gasteiger charge is -2.07. The summed E-state index contributed by atoms with van der Waals surface area (Å²) in [5.41, 5.74) is 2.54. The van der Waals surface area contributed by atoms with Crippen molar-refractivity contribution in [3.05, 3.63) is 94.5 Å². The molecule has 148 valence electrons. The summed E-state index contributed by atoms with van der Waals surface area (Å²) in [6.45, 7) is 0. The number of carbonyl (C=O) groups excluding carboxylic acids is 1. The fourth-order valence-corrected chi connectivity index (χ4v) is 3.07. The molecule has 0 saturated heterocycles. The average Bonchev–Trinajstić information content (AvgIpc) is 2.71. The monoisotopic (exact) mass is 408 g/mol. The summed E-state index contributed by atoms with van der Waals surface area (Å²) in [6.07, 6.45) is 2.08. The predicted molar refractivity (Wildman–Crippen MR) is 113 cm³/mol. The van der Waals surface area contributed by atoms with Gasteiger partial charge in [0.05, 0.1) is 6.42 Å². The van der Waals surface area contributed by atoms with E-state index in [1.54, 1.807) is 48.5 Å². The first kappa shape index (κ1) is 20.6. The minimum Gasteiger partial charge on any atom is -0.481 e. The third-order valence-electron chi connectivity index (χ3n) is 4.47. The lowest BCUT2D eigenvalue weighted by Crippen LogP contribution is -2.00. The van der Waals surface area contributed by atoms with Crippen LogP contribution in [0.5, 0.6) is 11.5 Å². The van der Waals surface area contributed by atoms with Crippen LogP contribution in [0.25, 0.3) is 0 Å². The van der Waals surface area contributed by atoms with Gasteiger partial charge in [-0.05, 0) is 72.5 Å². The smallest absolute Gasteiger partial charge is 0.307 e. The molecule has 0 amide bonds. The zero-order valence-electron chi connectivity index (χ0n) is 15.8. The fraction of sp³-hybridized carbons (Fsp3) is 0.167. The van der Waals surface area contributed by atoms with Gasteiger partial charge in [-0.1, -0.05) is 35.9 Å². The average molecular weight is 409 g/mol. The first-order chi connectivity index (χ1) is 14.0. The second kappa shape index (κ2) is 9.89. The van der Waals surface area contributed by atoms with Crippen molar-refractivity contribution < 1.29 is 19.4 Å². The van der Waals surface area contributed by atoms with E-state index in [2.05, 4.69) is 0 Å². The summed E-state index contributed by atoms with van der Waals surface area (Å²) in [7, 11) is 0. The summed E-state index contributed by atoms with van der Waals surface area (Å²) in [5.74, 6) is 0.463. The van der Waals surface area contributed by atoms with Crippen LogP contribution in [0.1, 0.15) is 34.3 Å². The van der Waals surface area contributed by atoms with E-state index in [0.29, 0.717) is 34.1 Å². The van der Waals surface area contributed by atoms with Crippen LogP contribution in [-0.2, 0) is 17.6 Å². The molecular formula is C24H21ClO4. The molecule has 0 unspecified atom stereocenters. The van der Waals surface area contributed by atoms with Crippen molar-refractivity contribution in [3.8, 4) is 11.5 Å². The predicted octanol–water partition coefficient (Wildman–Crippen LogP) is 5.97. The number of benzene rings is 3. The highest BCUT2D eigenvalue weighted by atomic mass is 35.5. The number of hydrogen-bond acceptors (Lipinski definition) is 3. The van der Waals surface area contributed by atoms with Gasteiger partial charge in [0.15, 0.2) is 5.78 Å². The van der Waals surface area contributed by atoms with E-state index in [4.69, 9.17) is 21.4 Å². The summed E-state index contributed by atoms with van der Waals surface area (Å²) in [5, 5.41) is 9.51. The molecule has 0 bridgehead atoms. The maximum absolute atomic E-state index is 12.4. The minimum atomic E-state index is -0.868. The number of Topliss-reactive ketones (excluding diaryl/α,β-unsaturated/α-hetero) is 1. The van der Waals surface area contributed by atoms with E-state index in [9.17, 15) is 9.59 Å². The SMILES string of the molecule is O=C(O)Cc1ccc(Oc2ccc(C(=O)CCCc3ccc(Cl)cc3)cc2)cc1. The maximum atomic E-state index is 12.4. The Morgan fingerprint density at radius 1 is 0.793 bits per heavy atom. The van der Waals surface area contributed by atoms with Gasteiger partial charge in [0.25, 0.3) is 0 Å². The van der Waals surface area contributed by atoms with Gasteiger partial charge < -0.3 is 9.84 Å². The Kier molecular flexibility index (Phi) is 7.04. The molecule has 0 spiro atoms. The molecule has 0 aromatic heterocycles. The van der Waals surface area contributed by atoms with Crippen LogP contribution < -0.4 is 4.74 Å². The Hall–Kier alpha value is -3.11. The number of ketones is 1. The summed E-state index contributed by atoms with van der Waals surface area (Å²) in [4.78, 5) is 23.1. The van der Waals surface area contributed by atoms with Gasteiger partial charge in [0.1, 0.15) is 11.5 Å². The zero-order chi connectivity index (χ0) is 20.6. The number of hydrogen-bond donors (Lipinski definition) is 1. The third kappa shape index (κ3) is 6.47. The van der Waals surface area contributed by atoms with E-state index < -0.39 is 5.97 Å². The highest BCUT2D eigenvalue weighted by molar-refractivity contribution is 6.30. The largest absolute Gasteiger partial charge is 0.481 e. The fourth-order valence-electron chi connectivity index (χ4n) is 2.94. The molecule has 0 aliphatic heterocycles. The molecule has 4 nitrogen and oxygen atoms in total. The molecule has 0 fully saturated rings. The lowest BCUT2D eigenvalue weighted by molar-refractivity contribution is -0.136. The van der Waals surface area contributed by atoms with Crippen molar-refractivity contribution >= 4 is 23.4 Å². The minimum absolute atomic E-state index is 0.0187. The van der Waals surface area contributed by atoms with Gasteiger partial charge in [-0.3, -0.25) is 9.59 Å². The number of rotatable bonds is 9. The molecule has 0 heterocycles. The Morgan fingerprint density at radius 2 is 1.34 bits per heavy atom. The number of aliphatic carboxylic acids is 1. The first-order valence-electron chi connectivity index (χ1n) is 9.36. The Balaban J connectivity index is 1.50. The summed E-state index contributed by atoms with van der Waals surface area (Å²) in [6, 6.07) is 21.6. The van der Waals surface area contributed by atoms with Gasteiger partial charge in [0.2, 0.25) is 0 Å². The maximum Gasteiger partial charge on any atom is 0.307 e. The number of carboxylic acid groups (broad SMARTS) is 1. The number of aryl methyl sites for hydroxylation is 1. The molecule has 0 radical (unpaired) electrons. The van der Waals surface area contributed by atoms with Crippen molar-refractivity contribution in [1.29, 1.82) is 0 Å². The normalized spacial score (nSPS) is 10.5. The molecule has 29 heavy (non-hydrogen) atoms. The van der Waals surface area contributed by atoms with Crippen LogP contribution in [0.15, 0.2) is 72.8 Å². The van der Waals surface area contributed by atoms with Crippen molar-refractivity contribution in [3.63, 3.8) is 0 Å². The van der Waals surface area contributed by atoms with E-state index in [0.717, 1.165) is 12.8 Å². The van der Waals surface area contributed by atoms with Crippen molar-refractivity contribution in [1.82, 2.24) is 0 Å². The Labute approximate surface area is 174 Å². The van der Waals surface area contributed by atoms with Crippen LogP contribution in [0.3, 0.4) is 0 Å². The molecular weight excluding hydrogens is 388 g/mol. The second-order valence-corrected chi connectivity index (χ2v) is 7.18. The number of carboxylic acids is 1. The van der Waals surface area contributed by atoms with Gasteiger partial charge in [-0.25, -0.2) is 0 Å². The molecule has 3 aromatic carbocycles. The van der Waals surface area contributed by atoms with E-state index in [1.165, 1.54) is 5.56 Å². The van der Waals surface area contributed by atoms with Crippen molar-refractivity contribution in [2.75, 3.05) is 0 Å². The number of carbonyl (C=O) groups is 2. The van der Waals surface area contributed by atoms with Gasteiger partial charge in [-0.2, -0.15) is 0 Å². The van der Waals surface area contributed by atoms with Crippen LogP contribution in [0.4, 0.5) is 0 Å². The lowest BCUT2D eigenvalue weighted by atomic mass is 10.0. The quantitative estimate of drug-likeness (QED) is 0.443. The van der Waals surface area contributed by atoms with Crippen LogP contribution >= 0.6 is 11.6 Å². The first-order valence-corrected chi connectivity index (χ1v) is 9.74. The topological polar surface area (TPSA) is 63.6 Å². The highest BCUT2D eigenvalue weighted by Gasteiger charge is 2.07. The van der Waals surface area contributed by atoms with Crippen LogP contribution in [-0.4, -0.2) is 16.9 Å². The standard InChI is InChI=1S/C24H21ClO4/c25-20-10-4-17(5-11-20)2-1-3-23(26)19-8-14-22(15-9-19)29-21-12-6-18(7-13-21)16-24(27)28/h4-15H,1-3,16H2,(H,27,28). The van der Waals surface area contributed by atoms with Crippen LogP contribution in [0.2, 0.25) is 5.02 Å². The molecule has 5 heteroatoms. The second-order valence-electron chi connectivity index (χ2n) is 6.74. The number of ether oxygens (including phenoxy) is 1. The molecule has 0 aliphatic carbocycles. The Morgan fingerprint density at radius 3 is 1.93 bits per heavy atom. The third-order valence-corrected chi connectivity index (χ3v) is 4.73. The van der Waals surface area contributed by atoms with Crippen molar-refractivity contribution in [2.24, 2.45) is 0 Å². The van der Waals surface area contributed by atoms with E-state index >= 15 is 0 Å². The highest BCUT2D eigenvalue weighted by Crippen LogP contribution is 2.23. The number of halogens is 1. The summed E-state index contributed by atoms with van der Waals surface area (Å²) < 4.78 is 5.75. The molecule has 0 saturated carbocycles. The van der Waals surface area contributed by atoms with E-state index in [1.807, 2.05) is 24.3 Å². The van der Waals surface area contributed by atoms with Gasteiger partial charge in [0, 0.05) is 17.0 Å². The van der Waals surface area contributed by atoms with Crippen LogP contribution in [0, 0.1) is 0 Å². The van der Waals surface area contributed by atoms with Crippen molar-refractivity contribution in [2.45, 2.75) is 25.7 Å². The van der Waals surface area contributed by atoms with E-state index in [-0.39, 0.29) is 12.2 Å². The zero-order valence-corrected chi connectivity index (χ0v) is 16.6. The molecule has 3 rings (SSSR count). The molecule has 3 aromatic rings. The Bertz CT molecular complexity index is 961. The van der Waals surface area contributed by atoms with Gasteiger partial charge in [-0.15, -0.1) is 0 Å². The molecule has 0 aliphatic rings. The van der Waals surface area contributed by atoms with Gasteiger partial charge >= 0.3 is 5.97 Å². The molecule has 0 atom stereocenters. The summed E-state index contributed by atoms with van der Waals surface area (Å²) >= 11 is 5.88. The molecule has 1 N–H and O–H groups in total.